The van der Waals surface area contributed by atoms with E-state index in [9.17, 15) is 4.79 Å². The van der Waals surface area contributed by atoms with Gasteiger partial charge in [0.25, 0.3) is 5.91 Å². The molecule has 0 spiro atoms. The second-order valence-corrected chi connectivity index (χ2v) is 3.81. The highest BCUT2D eigenvalue weighted by molar-refractivity contribution is 6.01. The lowest BCUT2D eigenvalue weighted by atomic mass is 10.2. The molecule has 1 heterocycles. The number of aryl methyl sites for hydroxylation is 1. The van der Waals surface area contributed by atoms with Gasteiger partial charge in [0.2, 0.25) is 5.95 Å². The van der Waals surface area contributed by atoms with Crippen LogP contribution in [0.25, 0.3) is 6.08 Å². The summed E-state index contributed by atoms with van der Waals surface area (Å²) in [7, 11) is 1.59. The number of rotatable bonds is 4. The first kappa shape index (κ1) is 12.8. The van der Waals surface area contributed by atoms with Crippen molar-refractivity contribution in [3.05, 3.63) is 41.7 Å². The largest absolute Gasteiger partial charge is 0.496 e. The number of ether oxygens (including phenoxy) is 1. The molecule has 1 amide bonds. The van der Waals surface area contributed by atoms with Crippen molar-refractivity contribution in [2.75, 3.05) is 12.4 Å². The number of carbonyl (C=O) groups excluding carboxylic acids is 1. The van der Waals surface area contributed by atoms with E-state index in [0.29, 0.717) is 11.6 Å². The van der Waals surface area contributed by atoms with Crippen molar-refractivity contribution in [1.29, 1.82) is 0 Å². The minimum atomic E-state index is -0.301. The molecule has 19 heavy (non-hydrogen) atoms. The number of hydrogen-bond donors (Lipinski definition) is 2. The van der Waals surface area contributed by atoms with Crippen molar-refractivity contribution in [3.63, 3.8) is 0 Å². The second-order valence-electron chi connectivity index (χ2n) is 3.81. The molecule has 0 aliphatic heterocycles. The molecule has 0 fully saturated rings. The fraction of sp³-hybridized carbons (Fsp3) is 0.154. The Balaban J connectivity index is 2.04. The van der Waals surface area contributed by atoms with Gasteiger partial charge in [-0.2, -0.15) is 4.98 Å². The molecular weight excluding hydrogens is 244 g/mol. The number of nitrogens with zero attached hydrogens (tertiary/aromatic N) is 2. The van der Waals surface area contributed by atoms with E-state index in [-0.39, 0.29) is 11.9 Å². The summed E-state index contributed by atoms with van der Waals surface area (Å²) in [6.07, 6.45) is 3.08. The molecule has 0 radical (unpaired) electrons. The van der Waals surface area contributed by atoms with Gasteiger partial charge in [0.1, 0.15) is 11.6 Å². The Morgan fingerprint density at radius 3 is 2.89 bits per heavy atom. The van der Waals surface area contributed by atoms with Gasteiger partial charge < -0.3 is 4.74 Å². The minimum Gasteiger partial charge on any atom is -0.496 e. The number of amides is 1. The highest BCUT2D eigenvalue weighted by Crippen LogP contribution is 2.18. The van der Waals surface area contributed by atoms with E-state index in [1.54, 1.807) is 20.1 Å². The molecule has 6 nitrogen and oxygen atoms in total. The van der Waals surface area contributed by atoms with Crippen molar-refractivity contribution >= 4 is 17.9 Å². The smallest absolute Gasteiger partial charge is 0.250 e. The van der Waals surface area contributed by atoms with Gasteiger partial charge in [0, 0.05) is 11.6 Å². The molecule has 2 rings (SSSR count). The number of anilines is 1. The normalized spacial score (nSPS) is 10.6. The zero-order valence-electron chi connectivity index (χ0n) is 10.7. The molecule has 0 atom stereocenters. The third kappa shape index (κ3) is 3.41. The molecule has 0 aliphatic rings. The van der Waals surface area contributed by atoms with E-state index in [1.807, 2.05) is 24.3 Å². The topological polar surface area (TPSA) is 79.9 Å². The second kappa shape index (κ2) is 5.81. The van der Waals surface area contributed by atoms with Crippen LogP contribution in [0.3, 0.4) is 0 Å². The van der Waals surface area contributed by atoms with Gasteiger partial charge in [-0.1, -0.05) is 18.2 Å². The summed E-state index contributed by atoms with van der Waals surface area (Å²) in [5, 5.41) is 9.01. The Morgan fingerprint density at radius 2 is 2.21 bits per heavy atom. The first-order chi connectivity index (χ1) is 9.19. The molecule has 0 unspecified atom stereocenters. The number of aromatic nitrogens is 3. The Morgan fingerprint density at radius 1 is 1.42 bits per heavy atom. The van der Waals surface area contributed by atoms with Gasteiger partial charge >= 0.3 is 0 Å². The number of hydrogen-bond acceptors (Lipinski definition) is 4. The Labute approximate surface area is 110 Å². The van der Waals surface area contributed by atoms with Crippen molar-refractivity contribution in [2.45, 2.75) is 6.92 Å². The first-order valence-corrected chi connectivity index (χ1v) is 5.70. The summed E-state index contributed by atoms with van der Waals surface area (Å²) in [5.74, 6) is 1.31. The fourth-order valence-electron chi connectivity index (χ4n) is 1.52. The van der Waals surface area contributed by atoms with Crippen LogP contribution < -0.4 is 10.1 Å². The number of methoxy groups -OCH3 is 1. The van der Waals surface area contributed by atoms with Crippen molar-refractivity contribution < 1.29 is 9.53 Å². The van der Waals surface area contributed by atoms with Gasteiger partial charge in [-0.15, -0.1) is 5.10 Å². The van der Waals surface area contributed by atoms with E-state index in [0.717, 1.165) is 5.56 Å². The van der Waals surface area contributed by atoms with Crippen LogP contribution in [0.4, 0.5) is 5.95 Å². The summed E-state index contributed by atoms with van der Waals surface area (Å²) in [6, 6.07) is 7.43. The zero-order chi connectivity index (χ0) is 13.7. The van der Waals surface area contributed by atoms with Crippen molar-refractivity contribution in [2.24, 2.45) is 0 Å². The molecule has 0 saturated heterocycles. The predicted molar refractivity (Wildman–Crippen MR) is 71.8 cm³/mol. The number of benzene rings is 1. The van der Waals surface area contributed by atoms with Crippen molar-refractivity contribution in [1.82, 2.24) is 15.2 Å². The molecule has 2 N–H and O–H groups in total. The highest BCUT2D eigenvalue weighted by Gasteiger charge is 2.03. The maximum absolute atomic E-state index is 11.7. The summed E-state index contributed by atoms with van der Waals surface area (Å²) < 4.78 is 5.19. The van der Waals surface area contributed by atoms with Crippen LogP contribution in [-0.2, 0) is 4.79 Å². The van der Waals surface area contributed by atoms with Gasteiger partial charge in [0.05, 0.1) is 7.11 Å². The molecule has 2 aromatic rings. The third-order valence-corrected chi connectivity index (χ3v) is 2.39. The number of para-hydroxylation sites is 1. The van der Waals surface area contributed by atoms with Crippen LogP contribution in [0.15, 0.2) is 30.3 Å². The van der Waals surface area contributed by atoms with E-state index in [4.69, 9.17) is 4.74 Å². The number of aromatic amines is 1. The maximum Gasteiger partial charge on any atom is 0.250 e. The molecule has 0 aliphatic carbocycles. The molecule has 1 aromatic heterocycles. The fourth-order valence-corrected chi connectivity index (χ4v) is 1.52. The van der Waals surface area contributed by atoms with Gasteiger partial charge in [-0.25, -0.2) is 0 Å². The third-order valence-electron chi connectivity index (χ3n) is 2.39. The average molecular weight is 258 g/mol. The van der Waals surface area contributed by atoms with Crippen LogP contribution >= 0.6 is 0 Å². The monoisotopic (exact) mass is 258 g/mol. The van der Waals surface area contributed by atoms with E-state index in [2.05, 4.69) is 20.5 Å². The van der Waals surface area contributed by atoms with Gasteiger partial charge in [-0.3, -0.25) is 15.2 Å². The predicted octanol–water partition coefficient (Wildman–Crippen LogP) is 1.77. The van der Waals surface area contributed by atoms with Crippen LogP contribution in [0.2, 0.25) is 0 Å². The summed E-state index contributed by atoms with van der Waals surface area (Å²) in [4.78, 5) is 15.6. The van der Waals surface area contributed by atoms with Gasteiger partial charge in [-0.05, 0) is 19.1 Å². The Bertz CT molecular complexity index is 604. The summed E-state index contributed by atoms with van der Waals surface area (Å²) >= 11 is 0. The molecule has 1 aromatic carbocycles. The van der Waals surface area contributed by atoms with Crippen LogP contribution in [0, 0.1) is 6.92 Å². The number of H-pyrrole nitrogens is 1. The Hall–Kier alpha value is -2.63. The molecule has 98 valence electrons. The van der Waals surface area contributed by atoms with Gasteiger partial charge in [0.15, 0.2) is 0 Å². The maximum atomic E-state index is 11.7. The lowest BCUT2D eigenvalue weighted by molar-refractivity contribution is -0.111. The van der Waals surface area contributed by atoms with E-state index in [1.165, 1.54) is 6.08 Å². The molecule has 0 bridgehead atoms. The minimum absolute atomic E-state index is 0.257. The van der Waals surface area contributed by atoms with Crippen LogP contribution in [0.5, 0.6) is 5.75 Å². The molecule has 0 saturated carbocycles. The first-order valence-electron chi connectivity index (χ1n) is 5.70. The zero-order valence-corrected chi connectivity index (χ0v) is 10.7. The summed E-state index contributed by atoms with van der Waals surface area (Å²) in [6.45, 7) is 1.76. The lowest BCUT2D eigenvalue weighted by Crippen LogP contribution is -2.09. The van der Waals surface area contributed by atoms with Crippen molar-refractivity contribution in [3.8, 4) is 5.75 Å². The quantitative estimate of drug-likeness (QED) is 0.819. The molecule has 6 heteroatoms. The number of nitrogens with one attached hydrogen (secondary N) is 2. The van der Waals surface area contributed by atoms with Crippen LogP contribution in [-0.4, -0.2) is 28.2 Å². The van der Waals surface area contributed by atoms with Crippen LogP contribution in [0.1, 0.15) is 11.4 Å². The standard InChI is InChI=1S/C13H14N4O2/c1-9-14-13(17-16-9)15-12(18)8-7-10-5-3-4-6-11(10)19-2/h3-8H,1-2H3,(H2,14,15,16,17,18)/b8-7+. The lowest BCUT2D eigenvalue weighted by Gasteiger charge is -2.03. The Kier molecular flexibility index (Phi) is 3.92. The SMILES string of the molecule is COc1ccccc1/C=C/C(=O)Nc1n[nH]c(C)n1. The average Bonchev–Trinajstić information content (AvgIpc) is 2.82. The summed E-state index contributed by atoms with van der Waals surface area (Å²) in [5.41, 5.74) is 0.825. The molecular formula is C13H14N4O2. The number of carbonyl (C=O) groups is 1. The van der Waals surface area contributed by atoms with E-state index < -0.39 is 0 Å². The highest BCUT2D eigenvalue weighted by atomic mass is 16.5. The van der Waals surface area contributed by atoms with E-state index >= 15 is 0 Å².